The highest BCUT2D eigenvalue weighted by atomic mass is 32.2. The minimum absolute atomic E-state index is 0.0767. The third-order valence-electron chi connectivity index (χ3n) is 5.59. The van der Waals surface area contributed by atoms with Crippen LogP contribution in [0.2, 0.25) is 0 Å². The number of carbonyl (C=O) groups is 2. The smallest absolute Gasteiger partial charge is 0.337 e. The number of furan rings is 1. The number of esters is 1. The highest BCUT2D eigenvalue weighted by Crippen LogP contribution is 2.41. The molecule has 4 rings (SSSR count). The molecule has 1 atom stereocenters. The summed E-state index contributed by atoms with van der Waals surface area (Å²) in [5, 5.41) is 16.6. The zero-order valence-corrected chi connectivity index (χ0v) is 20.7. The highest BCUT2D eigenvalue weighted by molar-refractivity contribution is 8.03. The van der Waals surface area contributed by atoms with Crippen LogP contribution in [0.1, 0.15) is 29.7 Å². The van der Waals surface area contributed by atoms with Gasteiger partial charge < -0.3 is 19.8 Å². The Labute approximate surface area is 213 Å². The highest BCUT2D eigenvalue weighted by Gasteiger charge is 2.37. The van der Waals surface area contributed by atoms with E-state index in [-0.39, 0.29) is 23.8 Å². The molecule has 2 heterocycles. The third kappa shape index (κ3) is 5.88. The van der Waals surface area contributed by atoms with Gasteiger partial charge in [-0.25, -0.2) is 4.79 Å². The van der Waals surface area contributed by atoms with Crippen LogP contribution >= 0.6 is 11.8 Å². The monoisotopic (exact) mass is 499 g/mol. The third-order valence-corrected chi connectivity index (χ3v) is 6.61. The maximum absolute atomic E-state index is 13.2. The first-order chi connectivity index (χ1) is 17.5. The van der Waals surface area contributed by atoms with Gasteiger partial charge in [0.05, 0.1) is 40.2 Å². The minimum atomic E-state index is -0.753. The minimum Gasteiger partial charge on any atom is -0.468 e. The summed E-state index contributed by atoms with van der Waals surface area (Å²) < 4.78 is 11.2. The van der Waals surface area contributed by atoms with Gasteiger partial charge in [0.15, 0.2) is 0 Å². The fourth-order valence-corrected chi connectivity index (χ4v) is 4.70. The van der Waals surface area contributed by atoms with Crippen molar-refractivity contribution in [2.24, 2.45) is 0 Å². The van der Waals surface area contributed by atoms with Crippen LogP contribution < -0.4 is 10.6 Å². The van der Waals surface area contributed by atoms with Crippen molar-refractivity contribution in [1.29, 1.82) is 5.26 Å². The second-order valence-electron chi connectivity index (χ2n) is 8.23. The molecule has 182 valence electrons. The van der Waals surface area contributed by atoms with E-state index in [4.69, 9.17) is 9.15 Å². The van der Waals surface area contributed by atoms with E-state index in [1.54, 1.807) is 19.1 Å². The molecule has 1 amide bonds. The number of hydrogen-bond donors (Lipinski definition) is 2. The number of thioether (sulfide) groups is 1. The molecule has 36 heavy (non-hydrogen) atoms. The largest absolute Gasteiger partial charge is 0.468 e. The van der Waals surface area contributed by atoms with Gasteiger partial charge in [0.2, 0.25) is 5.91 Å². The number of aryl methyl sites for hydroxylation is 1. The van der Waals surface area contributed by atoms with Crippen LogP contribution in [0.4, 0.5) is 5.69 Å². The number of allylic oxidation sites excluding steroid dienone is 2. The lowest BCUT2D eigenvalue weighted by atomic mass is 9.86. The van der Waals surface area contributed by atoms with Crippen molar-refractivity contribution in [3.8, 4) is 6.07 Å². The van der Waals surface area contributed by atoms with E-state index >= 15 is 0 Å². The summed E-state index contributed by atoms with van der Waals surface area (Å²) in [4.78, 5) is 25.7. The number of ether oxygens (including phenoxy) is 1. The number of nitrogens with zero attached hydrogens (tertiary/aromatic N) is 1. The number of amides is 1. The molecule has 3 aromatic rings. The Morgan fingerprint density at radius 2 is 1.83 bits per heavy atom. The predicted octanol–water partition coefficient (Wildman–Crippen LogP) is 5.40. The summed E-state index contributed by atoms with van der Waals surface area (Å²) in [6, 6.07) is 22.5. The molecule has 0 aliphatic carbocycles. The standard InChI is InChI=1S/C28H25N3O4S/c1-18-10-12-21(13-11-18)31-24(32)17-36-27-22(15-29)26(23-9-6-14-34-23)25(19(2)30-27)28(33)35-16-20-7-4-3-5-8-20/h3-14,26,30H,16-17H2,1-2H3,(H,31,32)/t26-/m1/s1. The number of hydrogen-bond acceptors (Lipinski definition) is 7. The molecule has 0 radical (unpaired) electrons. The normalized spacial score (nSPS) is 15.2. The summed E-state index contributed by atoms with van der Waals surface area (Å²) in [6.07, 6.45) is 1.50. The molecule has 8 heteroatoms. The second-order valence-corrected chi connectivity index (χ2v) is 9.22. The van der Waals surface area contributed by atoms with Crippen LogP contribution in [-0.2, 0) is 20.9 Å². The number of nitriles is 1. The lowest BCUT2D eigenvalue weighted by molar-refractivity contribution is -0.140. The lowest BCUT2D eigenvalue weighted by Crippen LogP contribution is -2.29. The average Bonchev–Trinajstić information content (AvgIpc) is 3.42. The molecule has 2 N–H and O–H groups in total. The molecule has 1 aliphatic heterocycles. The number of dihydropyridines is 1. The molecule has 0 saturated heterocycles. The van der Waals surface area contributed by atoms with Gasteiger partial charge in [-0.15, -0.1) is 0 Å². The van der Waals surface area contributed by atoms with Crippen LogP contribution in [0, 0.1) is 18.3 Å². The van der Waals surface area contributed by atoms with Crippen molar-refractivity contribution in [3.05, 3.63) is 112 Å². The molecule has 0 unspecified atom stereocenters. The van der Waals surface area contributed by atoms with E-state index < -0.39 is 11.9 Å². The van der Waals surface area contributed by atoms with Crippen molar-refractivity contribution in [2.75, 3.05) is 11.1 Å². The molecule has 1 aliphatic rings. The maximum atomic E-state index is 13.2. The SMILES string of the molecule is CC1=C(C(=O)OCc2ccccc2)[C@@H](c2ccco2)C(C#N)=C(SCC(=O)Nc2ccc(C)cc2)N1. The van der Waals surface area contributed by atoms with Crippen LogP contribution in [0.15, 0.2) is 99.3 Å². The van der Waals surface area contributed by atoms with Gasteiger partial charge >= 0.3 is 5.97 Å². The van der Waals surface area contributed by atoms with Crippen molar-refractivity contribution in [3.63, 3.8) is 0 Å². The Morgan fingerprint density at radius 1 is 1.08 bits per heavy atom. The summed E-state index contributed by atoms with van der Waals surface area (Å²) in [5.74, 6) is -0.981. The fourth-order valence-electron chi connectivity index (χ4n) is 3.81. The van der Waals surface area contributed by atoms with E-state index in [2.05, 4.69) is 16.7 Å². The predicted molar refractivity (Wildman–Crippen MR) is 138 cm³/mol. The van der Waals surface area contributed by atoms with E-state index in [1.807, 2.05) is 61.5 Å². The zero-order chi connectivity index (χ0) is 25.5. The quantitative estimate of drug-likeness (QED) is 0.400. The Hall–Kier alpha value is -4.22. The summed E-state index contributed by atoms with van der Waals surface area (Å²) in [5.41, 5.74) is 3.78. The molecule has 2 aromatic carbocycles. The van der Waals surface area contributed by atoms with E-state index in [9.17, 15) is 14.9 Å². The molecule has 0 saturated carbocycles. The average molecular weight is 500 g/mol. The lowest BCUT2D eigenvalue weighted by Gasteiger charge is -2.28. The second kappa shape index (κ2) is 11.5. The van der Waals surface area contributed by atoms with Crippen LogP contribution in [0.5, 0.6) is 0 Å². The fraction of sp³-hybridized carbons (Fsp3) is 0.179. The first-order valence-corrected chi connectivity index (χ1v) is 12.3. The topological polar surface area (TPSA) is 104 Å². The van der Waals surface area contributed by atoms with Gasteiger partial charge in [0.25, 0.3) is 0 Å². The van der Waals surface area contributed by atoms with Crippen LogP contribution in [0.3, 0.4) is 0 Å². The van der Waals surface area contributed by atoms with Crippen LogP contribution in [0.25, 0.3) is 0 Å². The van der Waals surface area contributed by atoms with E-state index in [1.165, 1.54) is 18.0 Å². The van der Waals surface area contributed by atoms with Gasteiger partial charge in [0.1, 0.15) is 12.4 Å². The van der Waals surface area contributed by atoms with Crippen LogP contribution in [-0.4, -0.2) is 17.6 Å². The van der Waals surface area contributed by atoms with E-state index in [0.29, 0.717) is 27.7 Å². The van der Waals surface area contributed by atoms with Gasteiger partial charge in [0, 0.05) is 11.4 Å². The Morgan fingerprint density at radius 3 is 2.50 bits per heavy atom. The first kappa shape index (κ1) is 24.9. The van der Waals surface area contributed by atoms with Crippen molar-refractivity contribution >= 4 is 29.3 Å². The number of nitrogens with one attached hydrogen (secondary N) is 2. The Bertz CT molecular complexity index is 1340. The molecule has 1 aromatic heterocycles. The van der Waals surface area contributed by atoms with Gasteiger partial charge in [-0.3, -0.25) is 4.79 Å². The first-order valence-electron chi connectivity index (χ1n) is 11.3. The van der Waals surface area contributed by atoms with Crippen molar-refractivity contribution in [1.82, 2.24) is 5.32 Å². The molecular formula is C28H25N3O4S. The number of anilines is 1. The maximum Gasteiger partial charge on any atom is 0.337 e. The summed E-state index contributed by atoms with van der Waals surface area (Å²) in [6.45, 7) is 3.83. The molecular weight excluding hydrogens is 474 g/mol. The zero-order valence-electron chi connectivity index (χ0n) is 19.9. The van der Waals surface area contributed by atoms with Crippen molar-refractivity contribution < 1.29 is 18.7 Å². The summed E-state index contributed by atoms with van der Waals surface area (Å²) >= 11 is 1.20. The van der Waals surface area contributed by atoms with Gasteiger partial charge in [-0.05, 0) is 43.7 Å². The molecule has 0 fully saturated rings. The molecule has 0 bridgehead atoms. The molecule has 7 nitrogen and oxygen atoms in total. The van der Waals surface area contributed by atoms with Gasteiger partial charge in [-0.2, -0.15) is 5.26 Å². The van der Waals surface area contributed by atoms with E-state index in [0.717, 1.165) is 11.1 Å². The Kier molecular flexibility index (Phi) is 7.93. The van der Waals surface area contributed by atoms with Crippen molar-refractivity contribution in [2.45, 2.75) is 26.4 Å². The Balaban J connectivity index is 1.53. The number of benzene rings is 2. The number of carbonyl (C=O) groups excluding carboxylic acids is 2. The van der Waals surface area contributed by atoms with Gasteiger partial charge in [-0.1, -0.05) is 59.8 Å². The summed E-state index contributed by atoms with van der Waals surface area (Å²) in [7, 11) is 0. The number of rotatable bonds is 8. The molecule has 0 spiro atoms.